The molecule has 0 radical (unpaired) electrons. The van der Waals surface area contributed by atoms with Crippen LogP contribution in [0.25, 0.3) is 0 Å². The number of rotatable bonds is 11. The van der Waals surface area contributed by atoms with Gasteiger partial charge >= 0.3 is 0 Å². The van der Waals surface area contributed by atoms with Crippen LogP contribution in [0.5, 0.6) is 5.75 Å². The van der Waals surface area contributed by atoms with Gasteiger partial charge in [-0.3, -0.25) is 44.2 Å². The molecule has 0 saturated carbocycles. The average Bonchev–Trinajstić information content (AvgIpc) is 3.71. The molecule has 288 valence electrons. The Bertz CT molecular complexity index is 2030. The maximum absolute atomic E-state index is 13.3. The second kappa shape index (κ2) is 15.5. The number of anilines is 2. The number of aliphatic imine (C=N–C) groups is 1. The van der Waals surface area contributed by atoms with Crippen LogP contribution < -0.4 is 19.9 Å². The normalized spacial score (nSPS) is 22.0. The van der Waals surface area contributed by atoms with Crippen LogP contribution in [0.4, 0.5) is 11.5 Å². The van der Waals surface area contributed by atoms with Crippen molar-refractivity contribution < 1.29 is 23.9 Å². The maximum atomic E-state index is 13.3. The van der Waals surface area contributed by atoms with Gasteiger partial charge in [-0.2, -0.15) is 0 Å². The summed E-state index contributed by atoms with van der Waals surface area (Å²) in [6, 6.07) is 13.1. The largest absolute Gasteiger partial charge is 0.491 e. The fourth-order valence-electron chi connectivity index (χ4n) is 8.45. The summed E-state index contributed by atoms with van der Waals surface area (Å²) < 4.78 is 5.95. The first-order valence-electron chi connectivity index (χ1n) is 19.6. The van der Waals surface area contributed by atoms with Crippen molar-refractivity contribution >= 4 is 40.8 Å². The second-order valence-electron chi connectivity index (χ2n) is 15.5. The van der Waals surface area contributed by atoms with Crippen molar-refractivity contribution in [2.45, 2.75) is 71.2 Å². The Morgan fingerprint density at radius 2 is 1.62 bits per heavy atom. The van der Waals surface area contributed by atoms with E-state index in [1.807, 2.05) is 26.0 Å². The number of benzene rings is 2. The Hall–Kier alpha value is -5.21. The number of piperidine rings is 1. The molecule has 1 aromatic heterocycles. The number of piperazine rings is 2. The molecule has 1 N–H and O–H groups in total. The molecular weight excluding hydrogens is 699 g/mol. The summed E-state index contributed by atoms with van der Waals surface area (Å²) >= 11 is 0. The van der Waals surface area contributed by atoms with Gasteiger partial charge in [-0.15, -0.1) is 0 Å². The quantitative estimate of drug-likeness (QED) is 0.228. The highest BCUT2D eigenvalue weighted by atomic mass is 16.5. The van der Waals surface area contributed by atoms with Crippen molar-refractivity contribution in [2.75, 3.05) is 68.7 Å². The fraction of sp³-hybridized carbons (Fsp3) is 0.488. The van der Waals surface area contributed by atoms with Crippen LogP contribution >= 0.6 is 0 Å². The van der Waals surface area contributed by atoms with E-state index in [0.29, 0.717) is 23.7 Å². The third-order valence-electron chi connectivity index (χ3n) is 11.4. The Balaban J connectivity index is 0.780. The Morgan fingerprint density at radius 1 is 0.836 bits per heavy atom. The van der Waals surface area contributed by atoms with E-state index in [-0.39, 0.29) is 24.9 Å². The highest BCUT2D eigenvalue weighted by Crippen LogP contribution is 2.32. The van der Waals surface area contributed by atoms with Crippen LogP contribution in [0.1, 0.15) is 84.0 Å². The number of carbonyl (C=O) groups is 4. The summed E-state index contributed by atoms with van der Waals surface area (Å²) in [6.45, 7) is 15.4. The molecule has 14 nitrogen and oxygen atoms in total. The Kier molecular flexibility index (Phi) is 10.4. The highest BCUT2D eigenvalue weighted by molar-refractivity contribution is 6.23. The first-order chi connectivity index (χ1) is 26.6. The van der Waals surface area contributed by atoms with Gasteiger partial charge in [-0.1, -0.05) is 6.07 Å². The minimum absolute atomic E-state index is 0.103. The van der Waals surface area contributed by atoms with Gasteiger partial charge in [0.15, 0.2) is 0 Å². The zero-order valence-corrected chi connectivity index (χ0v) is 31.9. The number of nitrogens with zero attached hydrogens (tertiary/aromatic N) is 8. The minimum Gasteiger partial charge on any atom is -0.491 e. The number of amides is 4. The molecule has 6 heterocycles. The molecule has 5 aliphatic heterocycles. The van der Waals surface area contributed by atoms with Gasteiger partial charge < -0.3 is 14.5 Å². The number of ether oxygens (including phenoxy) is 1. The molecule has 2 atom stereocenters. The van der Waals surface area contributed by atoms with Crippen LogP contribution in [-0.4, -0.2) is 131 Å². The number of imide groups is 2. The molecule has 2 aromatic carbocycles. The molecule has 14 heteroatoms. The lowest BCUT2D eigenvalue weighted by molar-refractivity contribution is -0.136. The van der Waals surface area contributed by atoms with Crippen LogP contribution in [0.15, 0.2) is 53.8 Å². The van der Waals surface area contributed by atoms with E-state index < -0.39 is 23.8 Å². The lowest BCUT2D eigenvalue weighted by Crippen LogP contribution is -2.54. The Labute approximate surface area is 321 Å². The molecule has 55 heavy (non-hydrogen) atoms. The summed E-state index contributed by atoms with van der Waals surface area (Å²) in [5, 5.41) is 2.25. The van der Waals surface area contributed by atoms with Crippen molar-refractivity contribution in [2.24, 2.45) is 4.99 Å². The van der Waals surface area contributed by atoms with E-state index >= 15 is 0 Å². The summed E-state index contributed by atoms with van der Waals surface area (Å²) in [5.41, 5.74) is 5.55. The van der Waals surface area contributed by atoms with Gasteiger partial charge in [0.1, 0.15) is 23.9 Å². The Morgan fingerprint density at radius 3 is 2.40 bits per heavy atom. The van der Waals surface area contributed by atoms with Gasteiger partial charge in [-0.05, 0) is 89.0 Å². The summed E-state index contributed by atoms with van der Waals surface area (Å²) in [7, 11) is 0. The number of unbranched alkanes of at least 4 members (excludes halogenated alkanes) is 1. The SMILES string of the molecule is CC(C)Oc1ccc2c(c1)C(c1cc(N3CCN(CCCCN4CCN(c5ccc6c(c5)C(=O)N(C5CCC(=O)NC5=O)C6=O)CC4)[C@@H](C)C3)ncn1)=NC2. The third-order valence-corrected chi connectivity index (χ3v) is 11.4. The molecule has 8 rings (SSSR count). The van der Waals surface area contributed by atoms with Crippen molar-refractivity contribution in [1.82, 2.24) is 30.0 Å². The molecule has 1 unspecified atom stereocenters. The second-order valence-corrected chi connectivity index (χ2v) is 15.5. The van der Waals surface area contributed by atoms with Gasteiger partial charge in [0.25, 0.3) is 11.8 Å². The van der Waals surface area contributed by atoms with E-state index in [2.05, 4.69) is 60.0 Å². The van der Waals surface area contributed by atoms with Gasteiger partial charge in [0.05, 0.1) is 35.2 Å². The third kappa shape index (κ3) is 7.57. The molecule has 3 saturated heterocycles. The topological polar surface area (TPSA) is 144 Å². The molecule has 3 aromatic rings. The monoisotopic (exact) mass is 747 g/mol. The summed E-state index contributed by atoms with van der Waals surface area (Å²) in [4.78, 5) is 75.3. The fourth-order valence-corrected chi connectivity index (χ4v) is 8.45. The lowest BCUT2D eigenvalue weighted by atomic mass is 10.0. The van der Waals surface area contributed by atoms with E-state index in [9.17, 15) is 19.2 Å². The molecule has 0 spiro atoms. The van der Waals surface area contributed by atoms with Crippen LogP contribution in [0.2, 0.25) is 0 Å². The predicted molar refractivity (Wildman–Crippen MR) is 208 cm³/mol. The van der Waals surface area contributed by atoms with Crippen molar-refractivity contribution in [3.05, 3.63) is 76.7 Å². The lowest BCUT2D eigenvalue weighted by Gasteiger charge is -2.40. The van der Waals surface area contributed by atoms with E-state index in [4.69, 9.17) is 9.73 Å². The molecule has 3 fully saturated rings. The van der Waals surface area contributed by atoms with E-state index in [1.54, 1.807) is 18.5 Å². The van der Waals surface area contributed by atoms with Crippen LogP contribution in [-0.2, 0) is 16.1 Å². The zero-order chi connectivity index (χ0) is 38.2. The predicted octanol–water partition coefficient (Wildman–Crippen LogP) is 3.13. The number of hydrogen-bond acceptors (Lipinski definition) is 12. The summed E-state index contributed by atoms with van der Waals surface area (Å²) in [5.74, 6) is -0.137. The number of hydrogen-bond donors (Lipinski definition) is 1. The first-order valence-corrected chi connectivity index (χ1v) is 19.6. The maximum Gasteiger partial charge on any atom is 0.262 e. The number of fused-ring (bicyclic) bond motifs is 2. The average molecular weight is 748 g/mol. The van der Waals surface area contributed by atoms with Crippen LogP contribution in [0.3, 0.4) is 0 Å². The van der Waals surface area contributed by atoms with Gasteiger partial charge in [0, 0.05) is 75.6 Å². The number of aromatic nitrogens is 2. The van der Waals surface area contributed by atoms with Gasteiger partial charge in [-0.25, -0.2) is 9.97 Å². The van der Waals surface area contributed by atoms with Crippen molar-refractivity contribution in [3.8, 4) is 5.75 Å². The molecule has 0 aliphatic carbocycles. The number of carbonyl (C=O) groups excluding carboxylic acids is 4. The molecule has 0 bridgehead atoms. The van der Waals surface area contributed by atoms with Crippen molar-refractivity contribution in [3.63, 3.8) is 0 Å². The smallest absolute Gasteiger partial charge is 0.262 e. The zero-order valence-electron chi connectivity index (χ0n) is 31.9. The molecule has 5 aliphatic rings. The first kappa shape index (κ1) is 36.8. The standard InChI is InChI=1S/C41H49N9O5/c1-26(2)55-30-8-6-28-23-42-38(32(28)21-30)34-22-36(44-25-43-34)49-19-18-47(27(3)24-49)13-5-4-12-46-14-16-48(17-15-46)29-7-9-31-33(20-29)41(54)50(40(31)53)35-10-11-37(51)45-39(35)52/h6-9,20-22,25-27,35H,4-5,10-19,23-24H2,1-3H3,(H,45,51,52)/t27-,35?/m0/s1. The van der Waals surface area contributed by atoms with E-state index in [0.717, 1.165) is 111 Å². The van der Waals surface area contributed by atoms with Crippen LogP contribution in [0, 0.1) is 0 Å². The number of nitrogens with one attached hydrogen (secondary N) is 1. The highest BCUT2D eigenvalue weighted by Gasteiger charge is 2.45. The van der Waals surface area contributed by atoms with Gasteiger partial charge in [0.2, 0.25) is 11.8 Å². The van der Waals surface area contributed by atoms with E-state index in [1.165, 1.54) is 5.56 Å². The van der Waals surface area contributed by atoms with Crippen molar-refractivity contribution in [1.29, 1.82) is 0 Å². The summed E-state index contributed by atoms with van der Waals surface area (Å²) in [6.07, 6.45) is 4.27. The minimum atomic E-state index is -0.958. The molecule has 4 amide bonds. The molecular formula is C41H49N9O5.